The summed E-state index contributed by atoms with van der Waals surface area (Å²) in [4.78, 5) is 14.4. The number of rotatable bonds is 3. The van der Waals surface area contributed by atoms with Crippen molar-refractivity contribution in [1.82, 2.24) is 4.98 Å². The molecule has 0 fully saturated rings. The van der Waals surface area contributed by atoms with Gasteiger partial charge in [0, 0.05) is 11.9 Å². The number of hydrogen-bond donors (Lipinski definition) is 2. The van der Waals surface area contributed by atoms with Gasteiger partial charge in [-0.2, -0.15) is 0 Å². The molecular weight excluding hydrogens is 278 g/mol. The molecule has 2 N–H and O–H groups in total. The summed E-state index contributed by atoms with van der Waals surface area (Å²) < 4.78 is 27.0. The first kappa shape index (κ1) is 13.2. The fourth-order valence-electron chi connectivity index (χ4n) is 1.41. The van der Waals surface area contributed by atoms with E-state index in [-0.39, 0.29) is 16.5 Å². The van der Waals surface area contributed by atoms with Crippen molar-refractivity contribution >= 4 is 29.1 Å². The maximum absolute atomic E-state index is 13.8. The molecule has 1 aromatic carbocycles. The molecule has 0 aliphatic heterocycles. The number of carboxylic acid groups (broad SMARTS) is 1. The Kier molecular flexibility index (Phi) is 3.62. The van der Waals surface area contributed by atoms with Gasteiger partial charge in [-0.05, 0) is 24.3 Å². The third-order valence-electron chi connectivity index (χ3n) is 2.30. The van der Waals surface area contributed by atoms with Crippen LogP contribution in [-0.2, 0) is 0 Å². The van der Waals surface area contributed by atoms with Crippen LogP contribution in [0.15, 0.2) is 30.5 Å². The van der Waals surface area contributed by atoms with Gasteiger partial charge in [-0.15, -0.1) is 0 Å². The van der Waals surface area contributed by atoms with E-state index in [0.717, 1.165) is 18.3 Å². The maximum Gasteiger partial charge on any atom is 0.338 e. The van der Waals surface area contributed by atoms with Crippen molar-refractivity contribution in [3.8, 4) is 0 Å². The van der Waals surface area contributed by atoms with E-state index < -0.39 is 23.2 Å². The molecule has 2 rings (SSSR count). The normalized spacial score (nSPS) is 10.3. The summed E-state index contributed by atoms with van der Waals surface area (Å²) >= 11 is 5.51. The molecule has 0 spiro atoms. The van der Waals surface area contributed by atoms with Crippen LogP contribution in [0, 0.1) is 11.6 Å². The van der Waals surface area contributed by atoms with Gasteiger partial charge in [0.1, 0.15) is 11.4 Å². The van der Waals surface area contributed by atoms with Crippen LogP contribution in [-0.4, -0.2) is 16.1 Å². The standard InChI is InChI=1S/C12H7ClF2N2O2/c13-8-2-1-6(5-9(8)14)17-11-10(15)7(12(18)19)3-4-16-11/h1-5H,(H,16,17)(H,18,19). The number of pyridine rings is 1. The topological polar surface area (TPSA) is 62.2 Å². The Labute approximate surface area is 111 Å². The van der Waals surface area contributed by atoms with E-state index in [9.17, 15) is 13.6 Å². The van der Waals surface area contributed by atoms with Crippen molar-refractivity contribution < 1.29 is 18.7 Å². The Hall–Kier alpha value is -2.21. The van der Waals surface area contributed by atoms with Gasteiger partial charge in [-0.3, -0.25) is 0 Å². The first-order valence-corrected chi connectivity index (χ1v) is 5.46. The quantitative estimate of drug-likeness (QED) is 0.906. The van der Waals surface area contributed by atoms with Crippen molar-refractivity contribution in [1.29, 1.82) is 0 Å². The molecule has 0 atom stereocenters. The minimum atomic E-state index is -1.41. The van der Waals surface area contributed by atoms with E-state index in [1.54, 1.807) is 0 Å². The van der Waals surface area contributed by atoms with Crippen molar-refractivity contribution in [2.24, 2.45) is 0 Å². The summed E-state index contributed by atoms with van der Waals surface area (Å²) in [5.74, 6) is -3.42. The lowest BCUT2D eigenvalue weighted by atomic mass is 10.2. The number of halogens is 3. The summed E-state index contributed by atoms with van der Waals surface area (Å²) in [6.07, 6.45) is 1.14. The Balaban J connectivity index is 2.35. The molecule has 1 heterocycles. The van der Waals surface area contributed by atoms with Crippen molar-refractivity contribution in [2.75, 3.05) is 5.32 Å². The second kappa shape index (κ2) is 5.19. The SMILES string of the molecule is O=C(O)c1ccnc(Nc2ccc(Cl)c(F)c2)c1F. The number of anilines is 2. The van der Waals surface area contributed by atoms with Gasteiger partial charge in [0.15, 0.2) is 11.6 Å². The molecule has 2 aromatic rings. The molecule has 7 heteroatoms. The lowest BCUT2D eigenvalue weighted by molar-refractivity contribution is 0.0692. The predicted molar refractivity (Wildman–Crippen MR) is 65.8 cm³/mol. The van der Waals surface area contributed by atoms with Crippen LogP contribution in [0.4, 0.5) is 20.3 Å². The predicted octanol–water partition coefficient (Wildman–Crippen LogP) is 3.46. The number of nitrogens with one attached hydrogen (secondary N) is 1. The molecule has 98 valence electrons. The number of aromatic nitrogens is 1. The molecule has 0 unspecified atom stereocenters. The molecule has 0 radical (unpaired) electrons. The van der Waals surface area contributed by atoms with Gasteiger partial charge < -0.3 is 10.4 Å². The number of carbonyl (C=O) groups is 1. The van der Waals surface area contributed by atoms with Gasteiger partial charge in [0.25, 0.3) is 0 Å². The summed E-state index contributed by atoms with van der Waals surface area (Å²) in [5, 5.41) is 11.2. The van der Waals surface area contributed by atoms with Crippen molar-refractivity contribution in [3.63, 3.8) is 0 Å². The summed E-state index contributed by atoms with van der Waals surface area (Å²) in [7, 11) is 0. The lowest BCUT2D eigenvalue weighted by Crippen LogP contribution is -2.05. The first-order chi connectivity index (χ1) is 8.99. The van der Waals surface area contributed by atoms with Gasteiger partial charge in [0.05, 0.1) is 5.02 Å². The molecular formula is C12H7ClF2N2O2. The first-order valence-electron chi connectivity index (χ1n) is 5.09. The zero-order valence-corrected chi connectivity index (χ0v) is 10.1. The average Bonchev–Trinajstić information content (AvgIpc) is 2.36. The maximum atomic E-state index is 13.8. The largest absolute Gasteiger partial charge is 0.478 e. The highest BCUT2D eigenvalue weighted by Crippen LogP contribution is 2.23. The van der Waals surface area contributed by atoms with Crippen LogP contribution < -0.4 is 5.32 Å². The fraction of sp³-hybridized carbons (Fsp3) is 0. The number of benzene rings is 1. The van der Waals surface area contributed by atoms with E-state index in [1.807, 2.05) is 0 Å². The second-order valence-electron chi connectivity index (χ2n) is 3.58. The van der Waals surface area contributed by atoms with Crippen molar-refractivity contribution in [2.45, 2.75) is 0 Å². The number of hydrogen-bond acceptors (Lipinski definition) is 3. The van der Waals surface area contributed by atoms with E-state index in [4.69, 9.17) is 16.7 Å². The minimum Gasteiger partial charge on any atom is -0.478 e. The summed E-state index contributed by atoms with van der Waals surface area (Å²) in [6, 6.07) is 4.79. The van der Waals surface area contributed by atoms with E-state index >= 15 is 0 Å². The van der Waals surface area contributed by atoms with Crippen LogP contribution in [0.3, 0.4) is 0 Å². The Morgan fingerprint density at radius 3 is 2.68 bits per heavy atom. The zero-order valence-electron chi connectivity index (χ0n) is 9.32. The average molecular weight is 285 g/mol. The smallest absolute Gasteiger partial charge is 0.338 e. The van der Waals surface area contributed by atoms with Gasteiger partial charge in [0.2, 0.25) is 0 Å². The number of carboxylic acids is 1. The Morgan fingerprint density at radius 1 is 1.32 bits per heavy atom. The van der Waals surface area contributed by atoms with E-state index in [0.29, 0.717) is 0 Å². The highest BCUT2D eigenvalue weighted by molar-refractivity contribution is 6.30. The van der Waals surface area contributed by atoms with Gasteiger partial charge in [-0.1, -0.05) is 11.6 Å². The molecule has 4 nitrogen and oxygen atoms in total. The number of aromatic carboxylic acids is 1. The monoisotopic (exact) mass is 284 g/mol. The Bertz CT molecular complexity index is 650. The van der Waals surface area contributed by atoms with Crippen LogP contribution in [0.5, 0.6) is 0 Å². The molecule has 0 saturated heterocycles. The zero-order chi connectivity index (χ0) is 14.0. The van der Waals surface area contributed by atoms with Crippen molar-refractivity contribution in [3.05, 3.63) is 52.7 Å². The van der Waals surface area contributed by atoms with E-state index in [2.05, 4.69) is 10.3 Å². The molecule has 19 heavy (non-hydrogen) atoms. The molecule has 0 amide bonds. The second-order valence-corrected chi connectivity index (χ2v) is 3.99. The molecule has 0 saturated carbocycles. The number of nitrogens with zero attached hydrogens (tertiary/aromatic N) is 1. The third-order valence-corrected chi connectivity index (χ3v) is 2.61. The van der Waals surface area contributed by atoms with Gasteiger partial charge >= 0.3 is 5.97 Å². The highest BCUT2D eigenvalue weighted by Gasteiger charge is 2.15. The highest BCUT2D eigenvalue weighted by atomic mass is 35.5. The van der Waals surface area contributed by atoms with Crippen LogP contribution in [0.2, 0.25) is 5.02 Å². The van der Waals surface area contributed by atoms with Crippen LogP contribution in [0.1, 0.15) is 10.4 Å². The van der Waals surface area contributed by atoms with Gasteiger partial charge in [-0.25, -0.2) is 18.6 Å². The summed E-state index contributed by atoms with van der Waals surface area (Å²) in [6.45, 7) is 0. The van der Waals surface area contributed by atoms with E-state index in [1.165, 1.54) is 12.1 Å². The minimum absolute atomic E-state index is 0.0710. The third kappa shape index (κ3) is 2.79. The lowest BCUT2D eigenvalue weighted by Gasteiger charge is -2.08. The summed E-state index contributed by atoms with van der Waals surface area (Å²) in [5.41, 5.74) is -0.317. The molecule has 0 bridgehead atoms. The molecule has 1 aromatic heterocycles. The molecule has 0 aliphatic carbocycles. The molecule has 0 aliphatic rings. The van der Waals surface area contributed by atoms with Crippen LogP contribution >= 0.6 is 11.6 Å². The fourth-order valence-corrected chi connectivity index (χ4v) is 1.52. The Morgan fingerprint density at radius 2 is 2.05 bits per heavy atom. The van der Waals surface area contributed by atoms with Crippen LogP contribution in [0.25, 0.3) is 0 Å².